The Kier molecular flexibility index (Phi) is 6.69. The summed E-state index contributed by atoms with van der Waals surface area (Å²) in [6.07, 6.45) is -1.71. The number of carbonyl (C=O) groups excluding carboxylic acids is 1. The van der Waals surface area contributed by atoms with E-state index in [4.69, 9.17) is 8.92 Å². The molecule has 7 nitrogen and oxygen atoms in total. The molecular weight excluding hydrogens is 382 g/mol. The van der Waals surface area contributed by atoms with Crippen LogP contribution in [0, 0.1) is 6.92 Å². The maximum Gasteiger partial charge on any atom is 0.407 e. The van der Waals surface area contributed by atoms with Gasteiger partial charge in [0.05, 0.1) is 12.6 Å². The van der Waals surface area contributed by atoms with Crippen LogP contribution in [0.1, 0.15) is 38.0 Å². The van der Waals surface area contributed by atoms with Gasteiger partial charge < -0.3 is 19.3 Å². The summed E-state index contributed by atoms with van der Waals surface area (Å²) in [6, 6.07) is 12.3. The normalized spacial score (nSPS) is 12.9. The molecule has 1 unspecified atom stereocenters. The van der Waals surface area contributed by atoms with E-state index in [9.17, 15) is 18.3 Å². The second-order valence-corrected chi connectivity index (χ2v) is 8.87. The number of hydrogen-bond donors (Lipinski definition) is 2. The van der Waals surface area contributed by atoms with Crippen molar-refractivity contribution in [3.8, 4) is 5.75 Å². The minimum Gasteiger partial charge on any atom is -0.444 e. The first kappa shape index (κ1) is 21.7. The molecule has 0 radical (unpaired) electrons. The summed E-state index contributed by atoms with van der Waals surface area (Å²) in [4.78, 5) is 11.7. The monoisotopic (exact) mass is 407 g/mol. The molecule has 152 valence electrons. The molecule has 0 aliphatic carbocycles. The lowest BCUT2D eigenvalue weighted by molar-refractivity contribution is 0.0492. The van der Waals surface area contributed by atoms with Gasteiger partial charge in [-0.2, -0.15) is 8.42 Å². The average Bonchev–Trinajstić information content (AvgIpc) is 2.58. The molecule has 2 aromatic rings. The predicted molar refractivity (Wildman–Crippen MR) is 105 cm³/mol. The number of nitrogens with one attached hydrogen (secondary N) is 1. The average molecular weight is 407 g/mol. The van der Waals surface area contributed by atoms with Gasteiger partial charge in [-0.15, -0.1) is 0 Å². The Morgan fingerprint density at radius 1 is 1.14 bits per heavy atom. The predicted octanol–water partition coefficient (Wildman–Crippen LogP) is 3.32. The summed E-state index contributed by atoms with van der Waals surface area (Å²) in [6.45, 7) is 6.96. The van der Waals surface area contributed by atoms with E-state index in [1.54, 1.807) is 45.0 Å². The fourth-order valence-electron chi connectivity index (χ4n) is 2.27. The molecule has 1 amide bonds. The third kappa shape index (κ3) is 6.54. The molecule has 0 aromatic heterocycles. The lowest BCUT2D eigenvalue weighted by Gasteiger charge is -2.20. The van der Waals surface area contributed by atoms with E-state index in [0.29, 0.717) is 5.56 Å². The summed E-state index contributed by atoms with van der Waals surface area (Å²) < 4.78 is 35.0. The van der Waals surface area contributed by atoms with E-state index in [1.165, 1.54) is 24.3 Å². The van der Waals surface area contributed by atoms with Crippen LogP contribution in [0.2, 0.25) is 0 Å². The molecule has 8 heteroatoms. The molecule has 28 heavy (non-hydrogen) atoms. The Morgan fingerprint density at radius 3 is 2.39 bits per heavy atom. The number of aliphatic hydroxyl groups excluding tert-OH is 1. The van der Waals surface area contributed by atoms with Crippen LogP contribution in [0.4, 0.5) is 4.79 Å². The highest BCUT2D eigenvalue weighted by Crippen LogP contribution is 2.23. The Hall–Kier alpha value is -2.58. The first-order chi connectivity index (χ1) is 13.0. The number of amides is 1. The number of ether oxygens (including phenoxy) is 1. The van der Waals surface area contributed by atoms with Crippen LogP contribution in [0.15, 0.2) is 53.4 Å². The molecule has 2 N–H and O–H groups in total. The summed E-state index contributed by atoms with van der Waals surface area (Å²) in [5.41, 5.74) is 0.682. The standard InChI is InChI=1S/C20H25NO6S/c1-14-8-10-17(11-9-14)28(24,25)27-16-7-5-6-15(12-16)18(22)13-21-19(23)26-20(2,3)4/h5-12,18,22H,13H2,1-4H3,(H,21,23). The van der Waals surface area contributed by atoms with Crippen molar-refractivity contribution >= 4 is 16.2 Å². The van der Waals surface area contributed by atoms with Crippen molar-refractivity contribution in [2.45, 2.75) is 44.3 Å². The van der Waals surface area contributed by atoms with Gasteiger partial charge in [-0.3, -0.25) is 0 Å². The fourth-order valence-corrected chi connectivity index (χ4v) is 3.19. The summed E-state index contributed by atoms with van der Waals surface area (Å²) in [5, 5.41) is 12.7. The summed E-state index contributed by atoms with van der Waals surface area (Å²) >= 11 is 0. The number of carbonyl (C=O) groups is 1. The van der Waals surface area contributed by atoms with Gasteiger partial charge in [0.25, 0.3) is 0 Å². The van der Waals surface area contributed by atoms with Crippen molar-refractivity contribution in [1.29, 1.82) is 0 Å². The highest BCUT2D eigenvalue weighted by molar-refractivity contribution is 7.87. The van der Waals surface area contributed by atoms with E-state index in [0.717, 1.165) is 5.56 Å². The molecule has 0 aliphatic heterocycles. The maximum absolute atomic E-state index is 12.4. The number of rotatable bonds is 6. The smallest absolute Gasteiger partial charge is 0.407 e. The quantitative estimate of drug-likeness (QED) is 0.712. The maximum atomic E-state index is 12.4. The molecule has 0 saturated heterocycles. The molecule has 2 aromatic carbocycles. The van der Waals surface area contributed by atoms with Gasteiger partial charge in [-0.25, -0.2) is 4.79 Å². The zero-order chi connectivity index (χ0) is 20.9. The van der Waals surface area contributed by atoms with Crippen LogP contribution in [0.25, 0.3) is 0 Å². The second-order valence-electron chi connectivity index (χ2n) is 7.32. The molecule has 2 rings (SSSR count). The topological polar surface area (TPSA) is 102 Å². The van der Waals surface area contributed by atoms with Crippen molar-refractivity contribution < 1.29 is 27.2 Å². The van der Waals surface area contributed by atoms with Gasteiger partial charge in [0.15, 0.2) is 0 Å². The van der Waals surface area contributed by atoms with Gasteiger partial charge >= 0.3 is 16.2 Å². The molecule has 0 fully saturated rings. The SMILES string of the molecule is Cc1ccc(S(=O)(=O)Oc2cccc(C(O)CNC(=O)OC(C)(C)C)c2)cc1. The Bertz CT molecular complexity index is 916. The highest BCUT2D eigenvalue weighted by atomic mass is 32.2. The van der Waals surface area contributed by atoms with Crippen LogP contribution in [-0.2, 0) is 14.9 Å². The van der Waals surface area contributed by atoms with Crippen LogP contribution in [0.3, 0.4) is 0 Å². The van der Waals surface area contributed by atoms with Crippen LogP contribution in [0.5, 0.6) is 5.75 Å². The zero-order valence-electron chi connectivity index (χ0n) is 16.3. The van der Waals surface area contributed by atoms with E-state index in [2.05, 4.69) is 5.32 Å². The first-order valence-corrected chi connectivity index (χ1v) is 10.1. The second kappa shape index (κ2) is 8.62. The minimum atomic E-state index is -3.99. The van der Waals surface area contributed by atoms with Gasteiger partial charge in [-0.1, -0.05) is 29.8 Å². The van der Waals surface area contributed by atoms with Gasteiger partial charge in [-0.05, 0) is 57.5 Å². The number of alkyl carbamates (subject to hydrolysis) is 1. The number of hydrogen-bond acceptors (Lipinski definition) is 6. The third-order valence-electron chi connectivity index (χ3n) is 3.60. The summed E-state index contributed by atoms with van der Waals surface area (Å²) in [7, 11) is -3.99. The van der Waals surface area contributed by atoms with Crippen molar-refractivity contribution in [3.05, 3.63) is 59.7 Å². The molecule has 0 heterocycles. The van der Waals surface area contributed by atoms with E-state index >= 15 is 0 Å². The number of aryl methyl sites for hydroxylation is 1. The van der Waals surface area contributed by atoms with Crippen LogP contribution < -0.4 is 9.50 Å². The number of aliphatic hydroxyl groups is 1. The van der Waals surface area contributed by atoms with Gasteiger partial charge in [0.1, 0.15) is 16.2 Å². The van der Waals surface area contributed by atoms with Crippen molar-refractivity contribution in [2.24, 2.45) is 0 Å². The van der Waals surface area contributed by atoms with Crippen LogP contribution >= 0.6 is 0 Å². The van der Waals surface area contributed by atoms with Crippen molar-refractivity contribution in [3.63, 3.8) is 0 Å². The Labute approximate surface area is 165 Å². The number of benzene rings is 2. The van der Waals surface area contributed by atoms with Crippen LogP contribution in [-0.4, -0.2) is 31.8 Å². The minimum absolute atomic E-state index is 0.0376. The third-order valence-corrected chi connectivity index (χ3v) is 4.86. The fraction of sp³-hybridized carbons (Fsp3) is 0.350. The van der Waals surface area contributed by atoms with Gasteiger partial charge in [0, 0.05) is 0 Å². The summed E-state index contributed by atoms with van der Waals surface area (Å²) in [5.74, 6) is 0.0643. The first-order valence-electron chi connectivity index (χ1n) is 8.72. The van der Waals surface area contributed by atoms with E-state index < -0.39 is 27.9 Å². The lowest BCUT2D eigenvalue weighted by atomic mass is 10.1. The van der Waals surface area contributed by atoms with Gasteiger partial charge in [0.2, 0.25) is 0 Å². The molecule has 0 spiro atoms. The van der Waals surface area contributed by atoms with E-state index in [-0.39, 0.29) is 17.2 Å². The molecular formula is C20H25NO6S. The molecule has 0 saturated carbocycles. The Balaban J connectivity index is 2.05. The van der Waals surface area contributed by atoms with Crippen molar-refractivity contribution in [2.75, 3.05) is 6.54 Å². The van der Waals surface area contributed by atoms with E-state index in [1.807, 2.05) is 6.92 Å². The molecule has 0 bridgehead atoms. The molecule has 1 atom stereocenters. The molecule has 0 aliphatic rings. The lowest BCUT2D eigenvalue weighted by Crippen LogP contribution is -2.34. The largest absolute Gasteiger partial charge is 0.444 e. The van der Waals surface area contributed by atoms with Crippen molar-refractivity contribution in [1.82, 2.24) is 5.32 Å². The highest BCUT2D eigenvalue weighted by Gasteiger charge is 2.19. The Morgan fingerprint density at radius 2 is 1.79 bits per heavy atom. The zero-order valence-corrected chi connectivity index (χ0v) is 17.1.